The van der Waals surface area contributed by atoms with Gasteiger partial charge in [0.15, 0.2) is 18.1 Å². The van der Waals surface area contributed by atoms with Crippen molar-refractivity contribution in [3.63, 3.8) is 0 Å². The summed E-state index contributed by atoms with van der Waals surface area (Å²) in [4.78, 5) is 43.5. The van der Waals surface area contributed by atoms with E-state index in [0.29, 0.717) is 15.4 Å². The van der Waals surface area contributed by atoms with Crippen LogP contribution in [0.15, 0.2) is 48.8 Å². The van der Waals surface area contributed by atoms with Crippen LogP contribution in [-0.2, 0) is 35.4 Å². The third-order valence-electron chi connectivity index (χ3n) is 8.14. The van der Waals surface area contributed by atoms with Crippen LogP contribution in [0.3, 0.4) is 0 Å². The quantitative estimate of drug-likeness (QED) is 0.0957. The summed E-state index contributed by atoms with van der Waals surface area (Å²) in [7, 11) is -4.23. The first-order valence-electron chi connectivity index (χ1n) is 17.2. The number of ether oxygens (including phenoxy) is 6. The van der Waals surface area contributed by atoms with Gasteiger partial charge in [0.05, 0.1) is 35.1 Å². The second-order valence-corrected chi connectivity index (χ2v) is 16.8. The molecule has 0 N–H and O–H groups in total. The van der Waals surface area contributed by atoms with Crippen molar-refractivity contribution in [2.24, 2.45) is 11.8 Å². The lowest BCUT2D eigenvalue weighted by molar-refractivity contribution is -0.153. The van der Waals surface area contributed by atoms with Crippen molar-refractivity contribution in [1.29, 1.82) is 0 Å². The Bertz CT molecular complexity index is 1980. The number of esters is 2. The number of hydrogen-bond donors (Lipinski definition) is 0. The number of benzene rings is 2. The molecular weight excluding hydrogens is 789 g/mol. The Morgan fingerprint density at radius 3 is 2.09 bits per heavy atom. The summed E-state index contributed by atoms with van der Waals surface area (Å²) in [5.74, 6) is -1.81. The number of rotatable bonds is 17. The summed E-state index contributed by atoms with van der Waals surface area (Å²) >= 11 is 12.7. The van der Waals surface area contributed by atoms with Crippen LogP contribution in [0, 0.1) is 11.8 Å². The maximum Gasteiger partial charge on any atom is 0.429 e. The van der Waals surface area contributed by atoms with Crippen LogP contribution in [0.4, 0.5) is 19.3 Å². The molecule has 1 heterocycles. The van der Waals surface area contributed by atoms with E-state index in [1.807, 2.05) is 0 Å². The highest BCUT2D eigenvalue weighted by Crippen LogP contribution is 2.39. The Hall–Kier alpha value is -4.41. The Balaban J connectivity index is 1.36. The van der Waals surface area contributed by atoms with Crippen molar-refractivity contribution in [3.8, 4) is 17.2 Å². The van der Waals surface area contributed by atoms with Gasteiger partial charge in [0, 0.05) is 18.8 Å². The highest BCUT2D eigenvalue weighted by atomic mass is 35.5. The van der Waals surface area contributed by atoms with Gasteiger partial charge < -0.3 is 28.4 Å². The molecule has 2 aliphatic carbocycles. The molecule has 0 aliphatic heterocycles. The van der Waals surface area contributed by atoms with E-state index in [9.17, 15) is 31.6 Å². The van der Waals surface area contributed by atoms with Crippen LogP contribution in [0.1, 0.15) is 74.0 Å². The SMILES string of the molecule is CC(C)(C)OC(=O)N(c1ccc(C(=O)OCC(=O)OC(Cc2c(Cl)cncc2Cl)c2ccc(OC(F)F)c(OCC3CC3)c2)cc1OCC1CC1)S(C)(=O)=O. The molecule has 298 valence electrons. The van der Waals surface area contributed by atoms with Gasteiger partial charge in [-0.1, -0.05) is 29.3 Å². The highest BCUT2D eigenvalue weighted by molar-refractivity contribution is 7.92. The number of hydrogen-bond acceptors (Lipinski definition) is 12. The number of halogens is 4. The Labute approximate surface area is 327 Å². The summed E-state index contributed by atoms with van der Waals surface area (Å²) in [5.41, 5.74) is -0.657. The van der Waals surface area contributed by atoms with Crippen molar-refractivity contribution in [3.05, 3.63) is 75.5 Å². The molecule has 5 rings (SSSR count). The zero-order valence-electron chi connectivity index (χ0n) is 30.4. The molecule has 0 saturated heterocycles. The number of carbonyl (C=O) groups is 3. The van der Waals surface area contributed by atoms with Gasteiger partial charge in [-0.05, 0) is 99.7 Å². The van der Waals surface area contributed by atoms with E-state index >= 15 is 0 Å². The zero-order valence-corrected chi connectivity index (χ0v) is 32.7. The van der Waals surface area contributed by atoms with Gasteiger partial charge in [-0.15, -0.1) is 0 Å². The number of pyridine rings is 1. The van der Waals surface area contributed by atoms with Gasteiger partial charge in [0.1, 0.15) is 23.1 Å². The summed E-state index contributed by atoms with van der Waals surface area (Å²) in [5, 5.41) is 0.346. The molecule has 2 saturated carbocycles. The third-order valence-corrected chi connectivity index (χ3v) is 9.80. The van der Waals surface area contributed by atoms with E-state index in [2.05, 4.69) is 9.72 Å². The summed E-state index contributed by atoms with van der Waals surface area (Å²) in [6.07, 6.45) is 4.79. The summed E-state index contributed by atoms with van der Waals surface area (Å²) in [6.45, 7) is 1.20. The molecular formula is C37H40Cl2F2N2O11S. The molecule has 13 nitrogen and oxygen atoms in total. The average molecular weight is 830 g/mol. The van der Waals surface area contributed by atoms with Crippen LogP contribution in [0.5, 0.6) is 17.2 Å². The molecule has 3 aromatic rings. The molecule has 1 amide bonds. The first kappa shape index (κ1) is 41.7. The fourth-order valence-electron chi connectivity index (χ4n) is 5.10. The highest BCUT2D eigenvalue weighted by Gasteiger charge is 2.34. The normalized spacial score (nSPS) is 14.9. The monoisotopic (exact) mass is 828 g/mol. The van der Waals surface area contributed by atoms with Crippen molar-refractivity contribution in [1.82, 2.24) is 4.98 Å². The first-order valence-corrected chi connectivity index (χ1v) is 19.8. The van der Waals surface area contributed by atoms with E-state index in [0.717, 1.165) is 31.9 Å². The van der Waals surface area contributed by atoms with E-state index in [1.54, 1.807) is 20.8 Å². The summed E-state index contributed by atoms with van der Waals surface area (Å²) in [6, 6.07) is 7.70. The maximum atomic E-state index is 13.3. The second-order valence-electron chi connectivity index (χ2n) is 14.1. The molecule has 0 spiro atoms. The number of amides is 1. The van der Waals surface area contributed by atoms with Crippen LogP contribution < -0.4 is 18.5 Å². The Morgan fingerprint density at radius 1 is 0.909 bits per heavy atom. The molecule has 2 aliphatic rings. The fourth-order valence-corrected chi connectivity index (χ4v) is 6.44. The minimum atomic E-state index is -4.23. The minimum absolute atomic E-state index is 0.00774. The molecule has 18 heteroatoms. The molecule has 0 radical (unpaired) electrons. The van der Waals surface area contributed by atoms with Crippen LogP contribution >= 0.6 is 23.2 Å². The topological polar surface area (TPSA) is 157 Å². The number of nitrogens with zero attached hydrogens (tertiary/aromatic N) is 2. The predicted molar refractivity (Wildman–Crippen MR) is 197 cm³/mol. The number of carbonyl (C=O) groups excluding carboxylic acids is 3. The molecule has 1 aromatic heterocycles. The molecule has 55 heavy (non-hydrogen) atoms. The van der Waals surface area contributed by atoms with E-state index in [4.69, 9.17) is 46.9 Å². The van der Waals surface area contributed by atoms with Crippen LogP contribution in [0.2, 0.25) is 10.0 Å². The largest absolute Gasteiger partial charge is 0.491 e. The van der Waals surface area contributed by atoms with Crippen molar-refractivity contribution < 1.29 is 60.0 Å². The number of anilines is 1. The molecule has 1 unspecified atom stereocenters. The molecule has 0 bridgehead atoms. The van der Waals surface area contributed by atoms with Crippen molar-refractivity contribution >= 4 is 56.9 Å². The van der Waals surface area contributed by atoms with Gasteiger partial charge in [-0.3, -0.25) is 4.98 Å². The second kappa shape index (κ2) is 17.6. The smallest absolute Gasteiger partial charge is 0.429 e. The fraction of sp³-hybridized carbons (Fsp3) is 0.459. The van der Waals surface area contributed by atoms with Gasteiger partial charge in [0.2, 0.25) is 10.0 Å². The van der Waals surface area contributed by atoms with Gasteiger partial charge in [0.25, 0.3) is 0 Å². The average Bonchev–Trinajstić information content (AvgIpc) is 4.02. The Kier molecular flexibility index (Phi) is 13.3. The van der Waals surface area contributed by atoms with Crippen molar-refractivity contribution in [2.75, 3.05) is 30.4 Å². The van der Waals surface area contributed by atoms with Gasteiger partial charge >= 0.3 is 24.6 Å². The van der Waals surface area contributed by atoms with E-state index in [1.165, 1.54) is 48.8 Å². The van der Waals surface area contributed by atoms with E-state index in [-0.39, 0.29) is 70.0 Å². The molecule has 2 aromatic carbocycles. The lowest BCUT2D eigenvalue weighted by Gasteiger charge is -2.27. The Morgan fingerprint density at radius 2 is 1.53 bits per heavy atom. The summed E-state index contributed by atoms with van der Waals surface area (Å²) < 4.78 is 85.1. The van der Waals surface area contributed by atoms with Gasteiger partial charge in [-0.2, -0.15) is 13.1 Å². The van der Waals surface area contributed by atoms with Gasteiger partial charge in [-0.25, -0.2) is 22.8 Å². The lowest BCUT2D eigenvalue weighted by Crippen LogP contribution is -2.40. The number of sulfonamides is 1. The molecule has 1 atom stereocenters. The predicted octanol–water partition coefficient (Wildman–Crippen LogP) is 7.95. The number of aromatic nitrogens is 1. The number of alkyl halides is 2. The standard InChI is InChI=1S/C37H40Cl2F2N2O11S/c1-37(2,3)54-36(46)43(55(4,47)48)28-11-9-24(14-31(28)49-18-21-5-6-21)34(45)51-20-33(44)52-30(15-25-26(38)16-42-17-27(25)39)23-10-12-29(53-35(40)41)32(13-23)50-19-22-7-8-22/h9-14,16-17,21-22,30,35H,5-8,15,18-20H2,1-4H3. The lowest BCUT2D eigenvalue weighted by atomic mass is 10.0. The molecule has 2 fully saturated rings. The maximum absolute atomic E-state index is 13.3. The van der Waals surface area contributed by atoms with Crippen LogP contribution in [0.25, 0.3) is 0 Å². The zero-order chi connectivity index (χ0) is 40.1. The first-order chi connectivity index (χ1) is 25.9. The van der Waals surface area contributed by atoms with E-state index < -0.39 is 53.0 Å². The third kappa shape index (κ3) is 12.3. The van der Waals surface area contributed by atoms with Crippen LogP contribution in [-0.4, -0.2) is 69.7 Å². The van der Waals surface area contributed by atoms with Crippen molar-refractivity contribution in [2.45, 2.75) is 71.2 Å². The minimum Gasteiger partial charge on any atom is -0.491 e.